The highest BCUT2D eigenvalue weighted by Crippen LogP contribution is 2.44. The third kappa shape index (κ3) is 4.76. The van der Waals surface area contributed by atoms with Crippen molar-refractivity contribution in [3.63, 3.8) is 0 Å². The summed E-state index contributed by atoms with van der Waals surface area (Å²) in [5, 5.41) is -0.501. The quantitative estimate of drug-likeness (QED) is 0.547. The molecule has 8 heteroatoms. The van der Waals surface area contributed by atoms with Crippen LogP contribution in [0.25, 0.3) is 0 Å². The largest absolute Gasteiger partial charge is 0.469 e. The Morgan fingerprint density at radius 3 is 2.42 bits per heavy atom. The first-order valence-corrected chi connectivity index (χ1v) is 8.98. The number of rotatable bonds is 6. The second-order valence-corrected chi connectivity index (χ2v) is 7.58. The van der Waals surface area contributed by atoms with E-state index in [-0.39, 0.29) is 6.61 Å². The van der Waals surface area contributed by atoms with Gasteiger partial charge in [0.25, 0.3) is 0 Å². The Morgan fingerprint density at radius 2 is 1.85 bits per heavy atom. The third-order valence-electron chi connectivity index (χ3n) is 3.90. The van der Waals surface area contributed by atoms with Crippen molar-refractivity contribution in [2.24, 2.45) is 5.41 Å². The maximum Gasteiger partial charge on any atom is 0.338 e. The minimum Gasteiger partial charge on any atom is -0.469 e. The molecule has 0 spiro atoms. The number of ether oxygens (including phenoxy) is 4. The molecule has 142 valence electrons. The van der Waals surface area contributed by atoms with E-state index in [0.717, 1.165) is 0 Å². The van der Waals surface area contributed by atoms with Crippen LogP contribution < -0.4 is 0 Å². The smallest absolute Gasteiger partial charge is 0.338 e. The van der Waals surface area contributed by atoms with Crippen molar-refractivity contribution in [2.75, 3.05) is 13.7 Å². The van der Waals surface area contributed by atoms with Gasteiger partial charge in [0.2, 0.25) is 6.29 Å². The fourth-order valence-electron chi connectivity index (χ4n) is 2.50. The summed E-state index contributed by atoms with van der Waals surface area (Å²) in [6, 6.07) is 8.58. The van der Waals surface area contributed by atoms with Crippen molar-refractivity contribution >= 4 is 29.7 Å². The summed E-state index contributed by atoms with van der Waals surface area (Å²) in [5.41, 5.74) is -1.10. The van der Waals surface area contributed by atoms with E-state index in [1.54, 1.807) is 44.2 Å². The molecule has 26 heavy (non-hydrogen) atoms. The van der Waals surface area contributed by atoms with Crippen LogP contribution in [0.15, 0.2) is 30.3 Å². The molecule has 1 aliphatic heterocycles. The molecule has 0 aromatic heterocycles. The zero-order chi connectivity index (χ0) is 19.3. The van der Waals surface area contributed by atoms with Gasteiger partial charge in [0.05, 0.1) is 23.3 Å². The number of methoxy groups -OCH3 is 1. The van der Waals surface area contributed by atoms with Crippen LogP contribution in [0.4, 0.5) is 0 Å². The third-order valence-corrected chi connectivity index (χ3v) is 5.55. The fourth-order valence-corrected chi connectivity index (χ4v) is 3.83. The molecule has 1 heterocycles. The van der Waals surface area contributed by atoms with Crippen LogP contribution in [-0.4, -0.2) is 48.6 Å². The van der Waals surface area contributed by atoms with E-state index in [1.165, 1.54) is 25.8 Å². The second-order valence-electron chi connectivity index (χ2n) is 6.28. The van der Waals surface area contributed by atoms with E-state index >= 15 is 0 Å². The van der Waals surface area contributed by atoms with Crippen molar-refractivity contribution < 1.29 is 33.3 Å². The number of esters is 3. The van der Waals surface area contributed by atoms with Gasteiger partial charge in [-0.1, -0.05) is 18.2 Å². The minimum atomic E-state index is -0.961. The Hall–Kier alpha value is -2.06. The van der Waals surface area contributed by atoms with Crippen LogP contribution in [0.5, 0.6) is 0 Å². The summed E-state index contributed by atoms with van der Waals surface area (Å²) >= 11 is 1.27. The van der Waals surface area contributed by atoms with Gasteiger partial charge < -0.3 is 18.9 Å². The number of hydrogen-bond donors (Lipinski definition) is 0. The van der Waals surface area contributed by atoms with Crippen LogP contribution >= 0.6 is 11.8 Å². The Balaban J connectivity index is 2.04. The Kier molecular flexibility index (Phi) is 6.66. The van der Waals surface area contributed by atoms with Gasteiger partial charge in [-0.2, -0.15) is 0 Å². The molecule has 3 unspecified atom stereocenters. The predicted octanol–water partition coefficient (Wildman–Crippen LogP) is 2.39. The Labute approximate surface area is 156 Å². The molecule has 1 aromatic carbocycles. The molecular formula is C18H22O7S. The van der Waals surface area contributed by atoms with E-state index in [2.05, 4.69) is 0 Å². The molecule has 7 nitrogen and oxygen atoms in total. The maximum absolute atomic E-state index is 12.1. The van der Waals surface area contributed by atoms with Crippen LogP contribution in [0.1, 0.15) is 31.1 Å². The first kappa shape index (κ1) is 20.3. The lowest BCUT2D eigenvalue weighted by Crippen LogP contribution is -2.42. The van der Waals surface area contributed by atoms with E-state index in [9.17, 15) is 14.4 Å². The number of carbonyl (C=O) groups is 3. The predicted molar refractivity (Wildman–Crippen MR) is 94.3 cm³/mol. The van der Waals surface area contributed by atoms with Gasteiger partial charge in [0.1, 0.15) is 12.0 Å². The normalized spacial score (nSPS) is 22.5. The molecule has 1 aliphatic rings. The van der Waals surface area contributed by atoms with E-state index in [0.29, 0.717) is 5.56 Å². The Bertz CT molecular complexity index is 659. The molecule has 0 aliphatic carbocycles. The number of thioether (sulfide) groups is 1. The highest BCUT2D eigenvalue weighted by atomic mass is 32.2. The topological polar surface area (TPSA) is 88.1 Å². The molecule has 2 rings (SSSR count). The summed E-state index contributed by atoms with van der Waals surface area (Å²) in [7, 11) is 1.30. The van der Waals surface area contributed by atoms with Crippen molar-refractivity contribution in [1.82, 2.24) is 0 Å². The lowest BCUT2D eigenvalue weighted by molar-refractivity contribution is -0.184. The average molecular weight is 382 g/mol. The van der Waals surface area contributed by atoms with Gasteiger partial charge in [-0.3, -0.25) is 9.59 Å². The summed E-state index contributed by atoms with van der Waals surface area (Å²) < 4.78 is 21.0. The number of carbonyl (C=O) groups excluding carboxylic acids is 3. The molecule has 0 amide bonds. The standard InChI is InChI=1S/C18H22O7S/c1-11(19)24-16-14(18(2,3)17(21)22-4)26-13(25-16)10-23-15(20)12-8-6-5-7-9-12/h5-9,13-14,16H,10H2,1-4H3. The maximum atomic E-state index is 12.1. The fraction of sp³-hybridized carbons (Fsp3) is 0.500. The van der Waals surface area contributed by atoms with E-state index in [4.69, 9.17) is 18.9 Å². The van der Waals surface area contributed by atoms with Gasteiger partial charge in [0, 0.05) is 6.92 Å². The summed E-state index contributed by atoms with van der Waals surface area (Å²) in [5.74, 6) is -1.45. The number of hydrogen-bond acceptors (Lipinski definition) is 8. The SMILES string of the molecule is COC(=O)C(C)(C)C1SC(COC(=O)c2ccccc2)OC1OC(C)=O. The van der Waals surface area contributed by atoms with Crippen molar-refractivity contribution in [2.45, 2.75) is 37.7 Å². The number of benzene rings is 1. The zero-order valence-corrected chi connectivity index (χ0v) is 15.9. The molecule has 0 saturated carbocycles. The van der Waals surface area contributed by atoms with Gasteiger partial charge in [-0.05, 0) is 26.0 Å². The molecule has 0 N–H and O–H groups in total. The van der Waals surface area contributed by atoms with Gasteiger partial charge >= 0.3 is 17.9 Å². The molecule has 3 atom stereocenters. The van der Waals surface area contributed by atoms with Crippen LogP contribution in [0, 0.1) is 5.41 Å². The van der Waals surface area contributed by atoms with Gasteiger partial charge in [-0.15, -0.1) is 11.8 Å². The Morgan fingerprint density at radius 1 is 1.19 bits per heavy atom. The van der Waals surface area contributed by atoms with E-state index in [1.807, 2.05) is 0 Å². The zero-order valence-electron chi connectivity index (χ0n) is 15.1. The van der Waals surface area contributed by atoms with Crippen molar-refractivity contribution in [1.29, 1.82) is 0 Å². The highest BCUT2D eigenvalue weighted by Gasteiger charge is 2.51. The van der Waals surface area contributed by atoms with Crippen LogP contribution in [-0.2, 0) is 28.5 Å². The van der Waals surface area contributed by atoms with Crippen molar-refractivity contribution in [3.8, 4) is 0 Å². The summed E-state index contributed by atoms with van der Waals surface area (Å²) in [6.07, 6.45) is -0.938. The van der Waals surface area contributed by atoms with Gasteiger partial charge in [0.15, 0.2) is 0 Å². The van der Waals surface area contributed by atoms with Crippen molar-refractivity contribution in [3.05, 3.63) is 35.9 Å². The average Bonchev–Trinajstić information content (AvgIpc) is 3.02. The van der Waals surface area contributed by atoms with Crippen LogP contribution in [0.2, 0.25) is 0 Å². The minimum absolute atomic E-state index is 0.0378. The molecule has 1 fully saturated rings. The molecule has 0 radical (unpaired) electrons. The molecule has 0 bridgehead atoms. The molecular weight excluding hydrogens is 360 g/mol. The summed E-state index contributed by atoms with van der Waals surface area (Å²) in [4.78, 5) is 35.5. The summed E-state index contributed by atoms with van der Waals surface area (Å²) in [6.45, 7) is 4.60. The first-order valence-electron chi connectivity index (χ1n) is 8.04. The monoisotopic (exact) mass is 382 g/mol. The molecule has 1 aromatic rings. The lowest BCUT2D eigenvalue weighted by Gasteiger charge is -2.30. The van der Waals surface area contributed by atoms with E-state index < -0.39 is 40.3 Å². The second kappa shape index (κ2) is 8.55. The highest BCUT2D eigenvalue weighted by molar-refractivity contribution is 8.00. The first-order chi connectivity index (χ1) is 12.3. The lowest BCUT2D eigenvalue weighted by atomic mass is 9.88. The van der Waals surface area contributed by atoms with Gasteiger partial charge in [-0.25, -0.2) is 4.79 Å². The van der Waals surface area contributed by atoms with Crippen LogP contribution in [0.3, 0.4) is 0 Å². The molecule has 1 saturated heterocycles.